The Balaban J connectivity index is 1.39. The molecular weight excluding hydrogens is 465 g/mol. The Labute approximate surface area is 199 Å². The van der Waals surface area contributed by atoms with Crippen molar-refractivity contribution in [3.8, 4) is 11.1 Å². The summed E-state index contributed by atoms with van der Waals surface area (Å²) in [6, 6.07) is 12.7. The molecule has 2 amide bonds. The van der Waals surface area contributed by atoms with Crippen molar-refractivity contribution in [2.75, 3.05) is 19.7 Å². The number of carbonyl (C=O) groups is 3. The van der Waals surface area contributed by atoms with Crippen LogP contribution < -0.4 is 5.32 Å². The van der Waals surface area contributed by atoms with E-state index in [0.29, 0.717) is 0 Å². The van der Waals surface area contributed by atoms with Gasteiger partial charge in [-0.2, -0.15) is 13.2 Å². The molecule has 10 heteroatoms. The molecule has 1 unspecified atom stereocenters. The van der Waals surface area contributed by atoms with E-state index in [1.54, 1.807) is 12.2 Å². The van der Waals surface area contributed by atoms with E-state index in [9.17, 15) is 32.7 Å². The third-order valence-electron chi connectivity index (χ3n) is 6.69. The Kier molecular flexibility index (Phi) is 6.73. The highest BCUT2D eigenvalue weighted by Gasteiger charge is 2.45. The van der Waals surface area contributed by atoms with E-state index in [4.69, 9.17) is 4.74 Å². The van der Waals surface area contributed by atoms with E-state index >= 15 is 0 Å². The average molecular weight is 490 g/mol. The number of aliphatic carboxylic acids is 1. The van der Waals surface area contributed by atoms with Gasteiger partial charge in [0, 0.05) is 19.0 Å². The van der Waals surface area contributed by atoms with Gasteiger partial charge in [-0.3, -0.25) is 9.59 Å². The minimum absolute atomic E-state index is 0.0469. The molecule has 0 spiro atoms. The maximum absolute atomic E-state index is 13.6. The summed E-state index contributed by atoms with van der Waals surface area (Å²) in [4.78, 5) is 37.2. The molecule has 35 heavy (non-hydrogen) atoms. The zero-order chi connectivity index (χ0) is 25.3. The zero-order valence-corrected chi connectivity index (χ0v) is 18.9. The standard InChI is InChI=1S/C25H25F3N2O5/c1-14-11-30(12-19(14)23(32)33)22(31)10-21(25(26,27)28)29-24(34)35-13-20-17-8-4-2-6-15(17)16-7-3-5-9-18(16)20/h2-9,14,19-21H,10-13H2,1H3,(H,29,34)(H,32,33)/t14-,19-,21?/m1/s1. The predicted octanol–water partition coefficient (Wildman–Crippen LogP) is 4.03. The minimum atomic E-state index is -4.89. The molecule has 2 aromatic rings. The summed E-state index contributed by atoms with van der Waals surface area (Å²) in [6.45, 7) is 1.35. The van der Waals surface area contributed by atoms with Crippen molar-refractivity contribution in [1.29, 1.82) is 0 Å². The van der Waals surface area contributed by atoms with E-state index < -0.39 is 42.5 Å². The van der Waals surface area contributed by atoms with Gasteiger partial charge in [0.2, 0.25) is 5.91 Å². The fourth-order valence-electron chi connectivity index (χ4n) is 4.83. The van der Waals surface area contributed by atoms with Crippen molar-refractivity contribution in [2.24, 2.45) is 11.8 Å². The molecule has 3 atom stereocenters. The van der Waals surface area contributed by atoms with E-state index in [1.807, 2.05) is 48.5 Å². The number of halogens is 3. The molecule has 1 aliphatic heterocycles. The first kappa shape index (κ1) is 24.6. The summed E-state index contributed by atoms with van der Waals surface area (Å²) in [7, 11) is 0. The number of benzene rings is 2. The van der Waals surface area contributed by atoms with Crippen molar-refractivity contribution in [3.05, 3.63) is 59.7 Å². The summed E-state index contributed by atoms with van der Waals surface area (Å²) in [5.74, 6) is -3.51. The van der Waals surface area contributed by atoms with Crippen molar-refractivity contribution in [3.63, 3.8) is 0 Å². The first-order valence-electron chi connectivity index (χ1n) is 11.2. The number of carboxylic acid groups (broad SMARTS) is 1. The number of ether oxygens (including phenoxy) is 1. The highest BCUT2D eigenvalue weighted by molar-refractivity contribution is 5.81. The lowest BCUT2D eigenvalue weighted by molar-refractivity contribution is -0.163. The van der Waals surface area contributed by atoms with Crippen LogP contribution in [0.15, 0.2) is 48.5 Å². The summed E-state index contributed by atoms with van der Waals surface area (Å²) >= 11 is 0. The SMILES string of the molecule is C[C@@H]1CN(C(=O)CC(NC(=O)OCC2c3ccccc3-c3ccccc32)C(F)(F)F)C[C@H]1C(=O)O. The number of fused-ring (bicyclic) bond motifs is 3. The smallest absolute Gasteiger partial charge is 0.409 e. The van der Waals surface area contributed by atoms with Gasteiger partial charge in [-0.25, -0.2) is 4.79 Å². The van der Waals surface area contributed by atoms with Gasteiger partial charge in [-0.1, -0.05) is 55.5 Å². The van der Waals surface area contributed by atoms with Gasteiger partial charge in [0.25, 0.3) is 0 Å². The van der Waals surface area contributed by atoms with Gasteiger partial charge in [0.05, 0.1) is 12.3 Å². The van der Waals surface area contributed by atoms with Gasteiger partial charge in [-0.15, -0.1) is 0 Å². The molecule has 2 aliphatic rings. The van der Waals surface area contributed by atoms with Crippen LogP contribution in [0.1, 0.15) is 30.4 Å². The number of hydrogen-bond donors (Lipinski definition) is 2. The number of carbonyl (C=O) groups excluding carboxylic acids is 2. The Morgan fingerprint density at radius 3 is 2.14 bits per heavy atom. The molecule has 4 rings (SSSR count). The molecule has 1 aliphatic carbocycles. The van der Waals surface area contributed by atoms with Gasteiger partial charge in [-0.05, 0) is 28.2 Å². The third kappa shape index (κ3) is 5.11. The summed E-state index contributed by atoms with van der Waals surface area (Å²) in [6.07, 6.45) is -7.20. The minimum Gasteiger partial charge on any atom is -0.481 e. The summed E-state index contributed by atoms with van der Waals surface area (Å²) < 4.78 is 46.0. The van der Waals surface area contributed by atoms with E-state index in [1.165, 1.54) is 0 Å². The molecule has 0 saturated carbocycles. The first-order valence-corrected chi connectivity index (χ1v) is 11.2. The largest absolute Gasteiger partial charge is 0.481 e. The monoisotopic (exact) mass is 490 g/mol. The van der Waals surface area contributed by atoms with Crippen LogP contribution >= 0.6 is 0 Å². The van der Waals surface area contributed by atoms with Crippen molar-refractivity contribution in [1.82, 2.24) is 10.2 Å². The Morgan fingerprint density at radius 1 is 1.06 bits per heavy atom. The molecular formula is C25H25F3N2O5. The van der Waals surface area contributed by atoms with Crippen LogP contribution in [-0.4, -0.2) is 59.9 Å². The van der Waals surface area contributed by atoms with Crippen LogP contribution in [0.3, 0.4) is 0 Å². The van der Waals surface area contributed by atoms with Gasteiger partial charge in [0.15, 0.2) is 0 Å². The zero-order valence-electron chi connectivity index (χ0n) is 18.9. The first-order chi connectivity index (χ1) is 16.6. The number of carboxylic acids is 1. The number of likely N-dealkylation sites (tertiary alicyclic amines) is 1. The highest BCUT2D eigenvalue weighted by atomic mass is 19.4. The molecule has 0 bridgehead atoms. The molecule has 0 radical (unpaired) electrons. The second-order valence-electron chi connectivity index (χ2n) is 8.99. The van der Waals surface area contributed by atoms with Crippen LogP contribution in [0.2, 0.25) is 0 Å². The molecule has 7 nitrogen and oxygen atoms in total. The van der Waals surface area contributed by atoms with Gasteiger partial charge < -0.3 is 20.1 Å². The van der Waals surface area contributed by atoms with Crippen molar-refractivity contribution < 1.29 is 37.4 Å². The lowest BCUT2D eigenvalue weighted by Crippen LogP contribution is -2.49. The Bertz CT molecular complexity index is 1090. The lowest BCUT2D eigenvalue weighted by atomic mass is 9.98. The Morgan fingerprint density at radius 2 is 1.63 bits per heavy atom. The average Bonchev–Trinajstić information content (AvgIpc) is 3.35. The second kappa shape index (κ2) is 9.59. The second-order valence-corrected chi connectivity index (χ2v) is 8.99. The van der Waals surface area contributed by atoms with Crippen molar-refractivity contribution in [2.45, 2.75) is 31.5 Å². The maximum Gasteiger partial charge on any atom is 0.409 e. The third-order valence-corrected chi connectivity index (χ3v) is 6.69. The van der Waals surface area contributed by atoms with Gasteiger partial charge >= 0.3 is 18.2 Å². The molecule has 1 fully saturated rings. The molecule has 186 valence electrons. The quantitative estimate of drug-likeness (QED) is 0.638. The fourth-order valence-corrected chi connectivity index (χ4v) is 4.83. The predicted molar refractivity (Wildman–Crippen MR) is 120 cm³/mol. The summed E-state index contributed by atoms with van der Waals surface area (Å²) in [5, 5.41) is 11.0. The molecule has 1 heterocycles. The van der Waals surface area contributed by atoms with Crippen molar-refractivity contribution >= 4 is 18.0 Å². The lowest BCUT2D eigenvalue weighted by Gasteiger charge is -2.24. The van der Waals surface area contributed by atoms with Crippen LogP contribution in [0.4, 0.5) is 18.0 Å². The maximum atomic E-state index is 13.6. The topological polar surface area (TPSA) is 95.9 Å². The highest BCUT2D eigenvalue weighted by Crippen LogP contribution is 2.44. The summed E-state index contributed by atoms with van der Waals surface area (Å²) in [5.41, 5.74) is 3.80. The number of nitrogens with one attached hydrogen (secondary N) is 1. The van der Waals surface area contributed by atoms with E-state index in [2.05, 4.69) is 0 Å². The molecule has 2 N–H and O–H groups in total. The molecule has 2 aromatic carbocycles. The van der Waals surface area contributed by atoms with Crippen LogP contribution in [0, 0.1) is 11.8 Å². The number of amides is 2. The van der Waals surface area contributed by atoms with Gasteiger partial charge in [0.1, 0.15) is 12.6 Å². The number of alkyl halides is 3. The molecule has 1 saturated heterocycles. The van der Waals surface area contributed by atoms with E-state index in [-0.39, 0.29) is 31.5 Å². The van der Waals surface area contributed by atoms with E-state index in [0.717, 1.165) is 27.2 Å². The number of rotatable bonds is 6. The van der Waals surface area contributed by atoms with Crippen LogP contribution in [0.25, 0.3) is 11.1 Å². The van der Waals surface area contributed by atoms with Crippen LogP contribution in [-0.2, 0) is 14.3 Å². The Hall–Kier alpha value is -3.56. The number of nitrogens with zero attached hydrogens (tertiary/aromatic N) is 1. The number of alkyl carbamates (subject to hydrolysis) is 1. The fraction of sp³-hybridized carbons (Fsp3) is 0.400. The van der Waals surface area contributed by atoms with Crippen LogP contribution in [0.5, 0.6) is 0 Å². The molecule has 0 aromatic heterocycles. The normalized spacial score (nSPS) is 20.2. The number of hydrogen-bond acceptors (Lipinski definition) is 4.